The molecule has 4 aromatic rings. The number of aromatic nitrogens is 3. The Morgan fingerprint density at radius 3 is 2.97 bits per heavy atom. The summed E-state index contributed by atoms with van der Waals surface area (Å²) in [5.74, 6) is 1.36. The van der Waals surface area contributed by atoms with Gasteiger partial charge >= 0.3 is 0 Å². The van der Waals surface area contributed by atoms with Gasteiger partial charge in [0.2, 0.25) is 0 Å². The first-order valence-corrected chi connectivity index (χ1v) is 11.8. The van der Waals surface area contributed by atoms with Crippen molar-refractivity contribution < 1.29 is 18.6 Å². The molecular formula is C26H25ClFN5O3. The summed E-state index contributed by atoms with van der Waals surface area (Å²) in [4.78, 5) is 4.42. The highest BCUT2D eigenvalue weighted by atomic mass is 35.5. The van der Waals surface area contributed by atoms with Crippen LogP contribution in [-0.4, -0.2) is 40.4 Å². The van der Waals surface area contributed by atoms with Gasteiger partial charge in [0.25, 0.3) is 0 Å². The largest absolute Gasteiger partial charge is 0.491 e. The van der Waals surface area contributed by atoms with Crippen LogP contribution >= 0.6 is 11.6 Å². The third-order valence-electron chi connectivity index (χ3n) is 5.72. The highest BCUT2D eigenvalue weighted by molar-refractivity contribution is 6.32. The van der Waals surface area contributed by atoms with Gasteiger partial charge in [-0.2, -0.15) is 5.10 Å². The van der Waals surface area contributed by atoms with Gasteiger partial charge in [0, 0.05) is 30.5 Å². The molecule has 2 aromatic heterocycles. The van der Waals surface area contributed by atoms with Crippen LogP contribution < -0.4 is 15.4 Å². The molecule has 2 N–H and O–H groups in total. The highest BCUT2D eigenvalue weighted by Crippen LogP contribution is 2.31. The van der Waals surface area contributed by atoms with E-state index >= 15 is 0 Å². The molecule has 1 aliphatic heterocycles. The Kier molecular flexibility index (Phi) is 7.31. The van der Waals surface area contributed by atoms with Crippen molar-refractivity contribution >= 4 is 28.6 Å². The lowest BCUT2D eigenvalue weighted by molar-refractivity contribution is 0.00797. The van der Waals surface area contributed by atoms with Crippen LogP contribution in [0.1, 0.15) is 11.1 Å². The van der Waals surface area contributed by atoms with E-state index in [-0.39, 0.29) is 18.5 Å². The number of halogens is 2. The van der Waals surface area contributed by atoms with Crippen LogP contribution in [0.25, 0.3) is 5.52 Å². The number of nitrogens with one attached hydrogen (secondary N) is 2. The summed E-state index contributed by atoms with van der Waals surface area (Å²) in [5, 5.41) is 11.3. The number of rotatable bonds is 9. The quantitative estimate of drug-likeness (QED) is 0.312. The van der Waals surface area contributed by atoms with Gasteiger partial charge in [0.1, 0.15) is 48.5 Å². The third-order valence-corrected chi connectivity index (χ3v) is 6.01. The molecule has 8 nitrogen and oxygen atoms in total. The number of anilines is 2. The van der Waals surface area contributed by atoms with Crippen LogP contribution in [0.15, 0.2) is 73.4 Å². The average molecular weight is 510 g/mol. The monoisotopic (exact) mass is 509 g/mol. The fourth-order valence-corrected chi connectivity index (χ4v) is 4.12. The van der Waals surface area contributed by atoms with Gasteiger partial charge < -0.3 is 24.8 Å². The average Bonchev–Trinajstić information content (AvgIpc) is 3.31. The SMILES string of the molecule is C=C(OCc1ccn2ncnc(Nc3ccc(OCc4cccc(F)c4)c(Cl)c3)c12)[C@@H]1CNCCO1. The summed E-state index contributed by atoms with van der Waals surface area (Å²) in [6, 6.07) is 13.5. The Morgan fingerprint density at radius 1 is 1.25 bits per heavy atom. The van der Waals surface area contributed by atoms with E-state index < -0.39 is 0 Å². The lowest BCUT2D eigenvalue weighted by atomic mass is 10.2. The molecule has 0 spiro atoms. The molecule has 186 valence electrons. The van der Waals surface area contributed by atoms with Gasteiger partial charge in [-0.25, -0.2) is 13.9 Å². The molecule has 1 saturated heterocycles. The van der Waals surface area contributed by atoms with E-state index in [0.29, 0.717) is 47.7 Å². The van der Waals surface area contributed by atoms with Crippen molar-refractivity contribution in [2.45, 2.75) is 19.3 Å². The van der Waals surface area contributed by atoms with Gasteiger partial charge in [0.05, 0.1) is 11.6 Å². The van der Waals surface area contributed by atoms with Crippen LogP contribution in [0.5, 0.6) is 5.75 Å². The Morgan fingerprint density at radius 2 is 2.17 bits per heavy atom. The molecule has 1 atom stereocenters. The molecule has 1 aliphatic rings. The normalized spacial score (nSPS) is 15.6. The van der Waals surface area contributed by atoms with Crippen molar-refractivity contribution in [3.05, 3.63) is 95.4 Å². The number of benzene rings is 2. The molecule has 0 saturated carbocycles. The van der Waals surface area contributed by atoms with Crippen LogP contribution in [0.2, 0.25) is 5.02 Å². The van der Waals surface area contributed by atoms with Gasteiger partial charge in [-0.3, -0.25) is 0 Å². The molecule has 0 amide bonds. The van der Waals surface area contributed by atoms with Gasteiger partial charge in [-0.1, -0.05) is 30.3 Å². The van der Waals surface area contributed by atoms with Crippen LogP contribution in [0.4, 0.5) is 15.9 Å². The standard InChI is InChI=1S/C26H25ClFN5O3/c1-17(24-13-29-8-10-34-24)35-15-19-7-9-33-25(19)26(30-16-31-33)32-21-5-6-23(22(27)12-21)36-14-18-3-2-4-20(28)11-18/h2-7,9,11-12,16,24,29H,1,8,10,13-15H2,(H,30,31,32)/t24-/m0/s1. The van der Waals surface area contributed by atoms with E-state index in [1.165, 1.54) is 18.5 Å². The van der Waals surface area contributed by atoms with E-state index in [1.807, 2.05) is 18.3 Å². The fourth-order valence-electron chi connectivity index (χ4n) is 3.88. The highest BCUT2D eigenvalue weighted by Gasteiger charge is 2.19. The topological polar surface area (TPSA) is 81.9 Å². The van der Waals surface area contributed by atoms with Crippen molar-refractivity contribution in [1.82, 2.24) is 19.9 Å². The van der Waals surface area contributed by atoms with Crippen molar-refractivity contribution in [2.75, 3.05) is 25.0 Å². The zero-order valence-electron chi connectivity index (χ0n) is 19.4. The zero-order chi connectivity index (χ0) is 24.9. The molecule has 1 fully saturated rings. The number of hydrogen-bond donors (Lipinski definition) is 2. The molecule has 36 heavy (non-hydrogen) atoms. The van der Waals surface area contributed by atoms with Crippen molar-refractivity contribution in [3.63, 3.8) is 0 Å². The minimum Gasteiger partial charge on any atom is -0.491 e. The number of morpholine rings is 1. The number of ether oxygens (including phenoxy) is 3. The molecule has 3 heterocycles. The third kappa shape index (κ3) is 5.59. The number of hydrogen-bond acceptors (Lipinski definition) is 7. The van der Waals surface area contributed by atoms with Crippen LogP contribution in [0, 0.1) is 5.82 Å². The zero-order valence-corrected chi connectivity index (χ0v) is 20.2. The minimum absolute atomic E-state index is 0.176. The van der Waals surface area contributed by atoms with Crippen molar-refractivity contribution in [2.24, 2.45) is 0 Å². The first-order chi connectivity index (χ1) is 17.6. The molecule has 0 aliphatic carbocycles. The first-order valence-electron chi connectivity index (χ1n) is 11.5. The second kappa shape index (κ2) is 10.9. The summed E-state index contributed by atoms with van der Waals surface area (Å²) in [6.07, 6.45) is 3.14. The van der Waals surface area contributed by atoms with E-state index in [2.05, 4.69) is 27.3 Å². The summed E-state index contributed by atoms with van der Waals surface area (Å²) in [5.41, 5.74) is 3.10. The molecule has 2 aromatic carbocycles. The molecular weight excluding hydrogens is 485 g/mol. The van der Waals surface area contributed by atoms with Crippen LogP contribution in [0.3, 0.4) is 0 Å². The first kappa shape index (κ1) is 24.1. The minimum atomic E-state index is -0.309. The maximum Gasteiger partial charge on any atom is 0.158 e. The summed E-state index contributed by atoms with van der Waals surface area (Å²) < 4.78 is 32.5. The molecule has 10 heteroatoms. The molecule has 0 unspecified atom stereocenters. The van der Waals surface area contributed by atoms with Crippen molar-refractivity contribution in [3.8, 4) is 5.75 Å². The maximum atomic E-state index is 13.4. The molecule has 5 rings (SSSR count). The van der Waals surface area contributed by atoms with E-state index in [1.54, 1.807) is 28.8 Å². The summed E-state index contributed by atoms with van der Waals surface area (Å²) in [6.45, 7) is 6.65. The van der Waals surface area contributed by atoms with Crippen molar-refractivity contribution in [1.29, 1.82) is 0 Å². The lowest BCUT2D eigenvalue weighted by Gasteiger charge is -2.25. The second-order valence-corrected chi connectivity index (χ2v) is 8.66. The Balaban J connectivity index is 1.28. The van der Waals surface area contributed by atoms with Gasteiger partial charge in [-0.05, 0) is 42.0 Å². The van der Waals surface area contributed by atoms with E-state index in [9.17, 15) is 4.39 Å². The molecule has 0 radical (unpaired) electrons. The second-order valence-electron chi connectivity index (χ2n) is 8.25. The van der Waals surface area contributed by atoms with E-state index in [0.717, 1.165) is 23.3 Å². The van der Waals surface area contributed by atoms with Crippen LogP contribution in [-0.2, 0) is 22.7 Å². The predicted octanol–water partition coefficient (Wildman–Crippen LogP) is 4.86. The number of nitrogens with zero attached hydrogens (tertiary/aromatic N) is 3. The molecule has 0 bridgehead atoms. The fraction of sp³-hybridized carbons (Fsp3) is 0.231. The van der Waals surface area contributed by atoms with Gasteiger partial charge in [-0.15, -0.1) is 0 Å². The number of fused-ring (bicyclic) bond motifs is 1. The smallest absolute Gasteiger partial charge is 0.158 e. The Labute approximate surface area is 212 Å². The Hall–Kier alpha value is -3.66. The lowest BCUT2D eigenvalue weighted by Crippen LogP contribution is -2.39. The maximum absolute atomic E-state index is 13.4. The summed E-state index contributed by atoms with van der Waals surface area (Å²) in [7, 11) is 0. The Bertz CT molecular complexity index is 1370. The van der Waals surface area contributed by atoms with E-state index in [4.69, 9.17) is 25.8 Å². The van der Waals surface area contributed by atoms with Gasteiger partial charge in [0.15, 0.2) is 5.82 Å². The summed E-state index contributed by atoms with van der Waals surface area (Å²) >= 11 is 6.46. The predicted molar refractivity (Wildman–Crippen MR) is 135 cm³/mol.